The van der Waals surface area contributed by atoms with Crippen molar-refractivity contribution in [3.63, 3.8) is 0 Å². The highest BCUT2D eigenvalue weighted by Gasteiger charge is 2.18. The van der Waals surface area contributed by atoms with Crippen LogP contribution in [0.25, 0.3) is 0 Å². The van der Waals surface area contributed by atoms with E-state index >= 15 is 0 Å². The molecule has 0 bridgehead atoms. The highest BCUT2D eigenvalue weighted by Crippen LogP contribution is 2.18. The minimum atomic E-state index is -0.533. The lowest BCUT2D eigenvalue weighted by molar-refractivity contribution is -0.153. The van der Waals surface area contributed by atoms with Gasteiger partial charge < -0.3 is 9.64 Å². The summed E-state index contributed by atoms with van der Waals surface area (Å²) in [6, 6.07) is 1.56. The van der Waals surface area contributed by atoms with E-state index in [1.807, 2.05) is 0 Å². The molecule has 0 unspecified atom stereocenters. The molecule has 6 heteroatoms. The first-order valence-corrected chi connectivity index (χ1v) is 6.56. The number of hydrogen-bond acceptors (Lipinski definition) is 4. The Labute approximate surface area is 123 Å². The van der Waals surface area contributed by atoms with Crippen molar-refractivity contribution < 1.29 is 14.3 Å². The zero-order chi connectivity index (χ0) is 15.5. The molecule has 0 spiro atoms. The van der Waals surface area contributed by atoms with Gasteiger partial charge >= 0.3 is 5.97 Å². The van der Waals surface area contributed by atoms with Gasteiger partial charge in [-0.25, -0.2) is 4.98 Å². The number of carbonyl (C=O) groups excluding carboxylic acids is 2. The van der Waals surface area contributed by atoms with Crippen molar-refractivity contribution >= 4 is 23.5 Å². The smallest absolute Gasteiger partial charge is 0.310 e. The topological polar surface area (TPSA) is 59.5 Å². The quantitative estimate of drug-likeness (QED) is 0.804. The molecule has 0 saturated carbocycles. The number of amides is 1. The Hall–Kier alpha value is -1.62. The van der Waals surface area contributed by atoms with Crippen LogP contribution in [-0.4, -0.2) is 41.5 Å². The number of pyridine rings is 1. The van der Waals surface area contributed by atoms with Gasteiger partial charge in [-0.05, 0) is 32.4 Å². The largest absolute Gasteiger partial charge is 0.460 e. The van der Waals surface area contributed by atoms with E-state index in [0.29, 0.717) is 5.56 Å². The molecule has 110 valence electrons. The van der Waals surface area contributed by atoms with Gasteiger partial charge in [0.1, 0.15) is 11.3 Å². The molecule has 0 fully saturated rings. The maximum atomic E-state index is 11.8. The molecule has 1 amide bonds. The van der Waals surface area contributed by atoms with Crippen LogP contribution in [0.2, 0.25) is 5.02 Å². The molecule has 1 aromatic rings. The van der Waals surface area contributed by atoms with Gasteiger partial charge in [0, 0.05) is 20.3 Å². The normalized spacial score (nSPS) is 11.1. The predicted molar refractivity (Wildman–Crippen MR) is 76.8 cm³/mol. The van der Waals surface area contributed by atoms with E-state index in [1.54, 1.807) is 40.9 Å². The summed E-state index contributed by atoms with van der Waals surface area (Å²) in [6.07, 6.45) is 1.53. The lowest BCUT2D eigenvalue weighted by Gasteiger charge is -2.19. The van der Waals surface area contributed by atoms with Gasteiger partial charge in [-0.3, -0.25) is 9.59 Å². The Morgan fingerprint density at radius 2 is 1.95 bits per heavy atom. The number of aromatic nitrogens is 1. The van der Waals surface area contributed by atoms with Gasteiger partial charge in [0.2, 0.25) is 0 Å². The summed E-state index contributed by atoms with van der Waals surface area (Å²) in [6.45, 7) is 5.40. The average molecular weight is 299 g/mol. The zero-order valence-corrected chi connectivity index (χ0v) is 13.1. The number of rotatable bonds is 3. The number of carbonyl (C=O) groups is 2. The highest BCUT2D eigenvalue weighted by molar-refractivity contribution is 6.33. The third-order valence-electron chi connectivity index (χ3n) is 2.28. The number of halogens is 1. The third-order valence-corrected chi connectivity index (χ3v) is 2.56. The van der Waals surface area contributed by atoms with Crippen LogP contribution in [-0.2, 0) is 16.0 Å². The van der Waals surface area contributed by atoms with E-state index in [0.717, 1.165) is 0 Å². The number of ether oxygens (including phenoxy) is 1. The van der Waals surface area contributed by atoms with Crippen LogP contribution in [0.1, 0.15) is 36.8 Å². The van der Waals surface area contributed by atoms with Gasteiger partial charge in [0.05, 0.1) is 11.4 Å². The fourth-order valence-corrected chi connectivity index (χ4v) is 1.76. The molecular formula is C14H19ClN2O3. The van der Waals surface area contributed by atoms with Gasteiger partial charge in [-0.15, -0.1) is 0 Å². The number of nitrogens with zero attached hydrogens (tertiary/aromatic N) is 2. The van der Waals surface area contributed by atoms with Crippen LogP contribution < -0.4 is 0 Å². The van der Waals surface area contributed by atoms with Crippen molar-refractivity contribution in [2.75, 3.05) is 14.1 Å². The van der Waals surface area contributed by atoms with Crippen molar-refractivity contribution in [2.45, 2.75) is 32.8 Å². The minimum absolute atomic E-state index is 0.0699. The maximum Gasteiger partial charge on any atom is 0.310 e. The molecule has 0 atom stereocenters. The van der Waals surface area contributed by atoms with Crippen molar-refractivity contribution in [2.24, 2.45) is 0 Å². The van der Waals surface area contributed by atoms with Crippen LogP contribution in [0.5, 0.6) is 0 Å². The molecule has 0 aliphatic rings. The molecule has 1 heterocycles. The lowest BCUT2D eigenvalue weighted by Crippen LogP contribution is -2.25. The SMILES string of the molecule is CN(C)C(=O)c1ncc(CC(=O)OC(C)(C)C)cc1Cl. The van der Waals surface area contributed by atoms with E-state index in [-0.39, 0.29) is 29.0 Å². The first-order chi connectivity index (χ1) is 9.10. The second kappa shape index (κ2) is 6.22. The standard InChI is InChI=1S/C14H19ClN2O3/c1-14(2,3)20-11(18)7-9-6-10(15)12(16-8-9)13(19)17(4)5/h6,8H,7H2,1-5H3. The van der Waals surface area contributed by atoms with Crippen LogP contribution in [0.4, 0.5) is 0 Å². The summed E-state index contributed by atoms with van der Waals surface area (Å²) >= 11 is 6.02. The summed E-state index contributed by atoms with van der Waals surface area (Å²) in [5.41, 5.74) is 0.249. The van der Waals surface area contributed by atoms with Crippen molar-refractivity contribution in [1.82, 2.24) is 9.88 Å². The molecule has 5 nitrogen and oxygen atoms in total. The Balaban J connectivity index is 2.83. The van der Waals surface area contributed by atoms with E-state index in [9.17, 15) is 9.59 Å². The van der Waals surface area contributed by atoms with Crippen LogP contribution in [0.15, 0.2) is 12.3 Å². The Morgan fingerprint density at radius 3 is 2.40 bits per heavy atom. The first-order valence-electron chi connectivity index (χ1n) is 6.18. The van der Waals surface area contributed by atoms with E-state index < -0.39 is 5.60 Å². The lowest BCUT2D eigenvalue weighted by atomic mass is 10.1. The van der Waals surface area contributed by atoms with Gasteiger partial charge in [0.15, 0.2) is 0 Å². The monoisotopic (exact) mass is 298 g/mol. The fourth-order valence-electron chi connectivity index (χ4n) is 1.49. The zero-order valence-electron chi connectivity index (χ0n) is 12.4. The van der Waals surface area contributed by atoms with Crippen LogP contribution in [0, 0.1) is 0 Å². The van der Waals surface area contributed by atoms with E-state index in [1.165, 1.54) is 11.1 Å². The van der Waals surface area contributed by atoms with Gasteiger partial charge in [-0.1, -0.05) is 11.6 Å². The molecule has 0 saturated heterocycles. The first kappa shape index (κ1) is 16.4. The highest BCUT2D eigenvalue weighted by atomic mass is 35.5. The van der Waals surface area contributed by atoms with Gasteiger partial charge in [0.25, 0.3) is 5.91 Å². The molecule has 0 radical (unpaired) electrons. The van der Waals surface area contributed by atoms with Crippen molar-refractivity contribution in [3.8, 4) is 0 Å². The molecule has 0 aliphatic heterocycles. The Morgan fingerprint density at radius 1 is 1.35 bits per heavy atom. The summed E-state index contributed by atoms with van der Waals surface area (Å²) in [5, 5.41) is 0.227. The molecule has 1 rings (SSSR count). The summed E-state index contributed by atoms with van der Waals surface area (Å²) in [5.74, 6) is -0.638. The average Bonchev–Trinajstić information content (AvgIpc) is 2.25. The Bertz CT molecular complexity index is 522. The van der Waals surface area contributed by atoms with Crippen LogP contribution in [0.3, 0.4) is 0 Å². The van der Waals surface area contributed by atoms with Crippen molar-refractivity contribution in [3.05, 3.63) is 28.5 Å². The third kappa shape index (κ3) is 4.81. The van der Waals surface area contributed by atoms with Crippen molar-refractivity contribution in [1.29, 1.82) is 0 Å². The second-order valence-corrected chi connectivity index (χ2v) is 6.04. The molecule has 0 N–H and O–H groups in total. The second-order valence-electron chi connectivity index (χ2n) is 5.64. The number of esters is 1. The molecule has 0 aromatic carbocycles. The number of hydrogen-bond donors (Lipinski definition) is 0. The van der Waals surface area contributed by atoms with Gasteiger partial charge in [-0.2, -0.15) is 0 Å². The molecule has 0 aliphatic carbocycles. The molecule has 1 aromatic heterocycles. The summed E-state index contributed by atoms with van der Waals surface area (Å²) < 4.78 is 5.21. The Kier molecular flexibility index (Phi) is 5.11. The molecule has 20 heavy (non-hydrogen) atoms. The fraction of sp³-hybridized carbons (Fsp3) is 0.500. The minimum Gasteiger partial charge on any atom is -0.460 e. The van der Waals surface area contributed by atoms with E-state index in [2.05, 4.69) is 4.98 Å². The predicted octanol–water partition coefficient (Wildman–Crippen LogP) is 2.32. The van der Waals surface area contributed by atoms with E-state index in [4.69, 9.17) is 16.3 Å². The summed E-state index contributed by atoms with van der Waals surface area (Å²) in [7, 11) is 3.24. The summed E-state index contributed by atoms with van der Waals surface area (Å²) in [4.78, 5) is 28.9. The van der Waals surface area contributed by atoms with Crippen LogP contribution >= 0.6 is 11.6 Å². The molecular weight excluding hydrogens is 280 g/mol. The maximum absolute atomic E-state index is 11.8.